The summed E-state index contributed by atoms with van der Waals surface area (Å²) in [4.78, 5) is 18.9. The molecule has 0 unspecified atom stereocenters. The van der Waals surface area contributed by atoms with Crippen LogP contribution in [-0.4, -0.2) is 42.2 Å². The second kappa shape index (κ2) is 11.9. The normalized spacial score (nSPS) is 19.0. The molecule has 1 aliphatic rings. The molecule has 1 aliphatic heterocycles. The first-order valence-electron chi connectivity index (χ1n) is 12.5. The smallest absolute Gasteiger partial charge is 0.252 e. The van der Waals surface area contributed by atoms with Gasteiger partial charge in [-0.2, -0.15) is 0 Å². The Hall–Kier alpha value is -3.64. The lowest BCUT2D eigenvalue weighted by atomic mass is 9.82. The molecule has 188 valence electrons. The number of nitrogens with one attached hydrogen (secondary N) is 1. The lowest BCUT2D eigenvalue weighted by Gasteiger charge is -2.31. The Bertz CT molecular complexity index is 1150. The summed E-state index contributed by atoms with van der Waals surface area (Å²) in [6.45, 7) is 5.24. The number of benzene rings is 3. The van der Waals surface area contributed by atoms with Gasteiger partial charge in [-0.05, 0) is 41.3 Å². The third-order valence-corrected chi connectivity index (χ3v) is 6.12. The Balaban J connectivity index is 1.74. The summed E-state index contributed by atoms with van der Waals surface area (Å²) < 4.78 is 12.2. The van der Waals surface area contributed by atoms with Crippen LogP contribution in [0, 0.1) is 5.92 Å². The Morgan fingerprint density at radius 3 is 2.33 bits per heavy atom. The van der Waals surface area contributed by atoms with Crippen molar-refractivity contribution in [3.8, 4) is 5.75 Å². The van der Waals surface area contributed by atoms with Gasteiger partial charge < -0.3 is 19.9 Å². The fourth-order valence-electron chi connectivity index (χ4n) is 4.27. The van der Waals surface area contributed by atoms with Gasteiger partial charge in [0.05, 0.1) is 6.61 Å². The molecule has 1 amide bonds. The van der Waals surface area contributed by atoms with Gasteiger partial charge in [-0.25, -0.2) is 4.99 Å². The minimum atomic E-state index is -1.16. The van der Waals surface area contributed by atoms with Gasteiger partial charge in [-0.3, -0.25) is 4.79 Å². The molecule has 2 N–H and O–H groups in total. The molecule has 0 saturated carbocycles. The quantitative estimate of drug-likeness (QED) is 0.385. The Morgan fingerprint density at radius 2 is 1.69 bits per heavy atom. The lowest BCUT2D eigenvalue weighted by Crippen LogP contribution is -2.50. The van der Waals surface area contributed by atoms with Gasteiger partial charge in [-0.1, -0.05) is 74.5 Å². The Morgan fingerprint density at radius 1 is 1.03 bits per heavy atom. The number of carbonyl (C=O) groups is 1. The zero-order valence-corrected chi connectivity index (χ0v) is 20.9. The molecule has 1 heterocycles. The van der Waals surface area contributed by atoms with Crippen LogP contribution in [0.4, 0.5) is 0 Å². The maximum atomic E-state index is 13.9. The molecule has 0 bridgehead atoms. The largest absolute Gasteiger partial charge is 0.494 e. The first kappa shape index (κ1) is 25.5. The maximum Gasteiger partial charge on any atom is 0.252 e. The molecule has 0 radical (unpaired) electrons. The molecule has 36 heavy (non-hydrogen) atoms. The summed E-state index contributed by atoms with van der Waals surface area (Å²) in [6.07, 6.45) is 0.397. The fourth-order valence-corrected chi connectivity index (χ4v) is 4.27. The standard InChI is InChI=1S/C30H34N2O4/c1-22(2)21-31-29(34)30(20-23-10-5-3-6-11-23)27(24-12-7-4-8-13-24)36-28(32-30)25-14-16-26(17-15-25)35-19-9-18-33/h3-8,10-17,22,27,33H,9,18-21H2,1-2H3,(H,31,34)/t27-,30-/m1/s1. The predicted octanol–water partition coefficient (Wildman–Crippen LogP) is 4.72. The van der Waals surface area contributed by atoms with Crippen molar-refractivity contribution in [1.29, 1.82) is 0 Å². The zero-order valence-electron chi connectivity index (χ0n) is 20.9. The monoisotopic (exact) mass is 486 g/mol. The van der Waals surface area contributed by atoms with Gasteiger partial charge in [0, 0.05) is 31.6 Å². The van der Waals surface area contributed by atoms with E-state index in [-0.39, 0.29) is 12.5 Å². The fraction of sp³-hybridized carbons (Fsp3) is 0.333. The number of aliphatic hydroxyl groups is 1. The second-order valence-corrected chi connectivity index (χ2v) is 9.47. The van der Waals surface area contributed by atoms with E-state index < -0.39 is 11.6 Å². The molecule has 0 fully saturated rings. The number of hydrogen-bond donors (Lipinski definition) is 2. The van der Waals surface area contributed by atoms with Crippen LogP contribution in [-0.2, 0) is 16.0 Å². The van der Waals surface area contributed by atoms with E-state index in [1.165, 1.54) is 0 Å². The first-order chi connectivity index (χ1) is 17.5. The van der Waals surface area contributed by atoms with Crippen molar-refractivity contribution in [2.75, 3.05) is 19.8 Å². The number of ether oxygens (including phenoxy) is 2. The third-order valence-electron chi connectivity index (χ3n) is 6.12. The van der Waals surface area contributed by atoms with Gasteiger partial charge in [0.25, 0.3) is 5.91 Å². The number of hydrogen-bond acceptors (Lipinski definition) is 5. The minimum absolute atomic E-state index is 0.0893. The van der Waals surface area contributed by atoms with Gasteiger partial charge in [0.15, 0.2) is 11.6 Å². The van der Waals surface area contributed by atoms with Crippen LogP contribution in [0.3, 0.4) is 0 Å². The SMILES string of the molecule is CC(C)CNC(=O)[C@]1(Cc2ccccc2)N=C(c2ccc(OCCCO)cc2)O[C@@H]1c1ccccc1. The van der Waals surface area contributed by atoms with E-state index in [0.29, 0.717) is 43.6 Å². The number of nitrogens with zero attached hydrogens (tertiary/aromatic N) is 1. The molecule has 6 heteroatoms. The zero-order chi connectivity index (χ0) is 25.4. The van der Waals surface area contributed by atoms with Crippen LogP contribution in [0.5, 0.6) is 5.75 Å². The van der Waals surface area contributed by atoms with Gasteiger partial charge in [-0.15, -0.1) is 0 Å². The van der Waals surface area contributed by atoms with Crippen LogP contribution >= 0.6 is 0 Å². The van der Waals surface area contributed by atoms with Crippen molar-refractivity contribution in [2.24, 2.45) is 10.9 Å². The molecule has 0 aromatic heterocycles. The highest BCUT2D eigenvalue weighted by Crippen LogP contribution is 2.42. The summed E-state index contributed by atoms with van der Waals surface area (Å²) in [5.74, 6) is 1.30. The summed E-state index contributed by atoms with van der Waals surface area (Å²) in [5, 5.41) is 12.1. The van der Waals surface area contributed by atoms with Crippen LogP contribution in [0.2, 0.25) is 0 Å². The van der Waals surface area contributed by atoms with Crippen LogP contribution in [0.1, 0.15) is 43.1 Å². The average Bonchev–Trinajstić information content (AvgIpc) is 3.29. The van der Waals surface area contributed by atoms with Crippen molar-refractivity contribution < 1.29 is 19.4 Å². The highest BCUT2D eigenvalue weighted by molar-refractivity contribution is 6.01. The van der Waals surface area contributed by atoms with Gasteiger partial charge in [0.1, 0.15) is 5.75 Å². The average molecular weight is 487 g/mol. The number of aliphatic hydroxyl groups excluding tert-OH is 1. The van der Waals surface area contributed by atoms with Gasteiger partial charge in [0.2, 0.25) is 5.90 Å². The highest BCUT2D eigenvalue weighted by Gasteiger charge is 2.53. The molecule has 3 aromatic rings. The van der Waals surface area contributed by atoms with Crippen molar-refractivity contribution in [2.45, 2.75) is 38.3 Å². The molecule has 3 aromatic carbocycles. The minimum Gasteiger partial charge on any atom is -0.494 e. The second-order valence-electron chi connectivity index (χ2n) is 9.47. The third kappa shape index (κ3) is 5.94. The number of rotatable bonds is 11. The van der Waals surface area contributed by atoms with E-state index in [0.717, 1.165) is 16.7 Å². The summed E-state index contributed by atoms with van der Waals surface area (Å²) >= 11 is 0. The summed E-state index contributed by atoms with van der Waals surface area (Å²) in [6, 6.07) is 27.3. The molecule has 6 nitrogen and oxygen atoms in total. The summed E-state index contributed by atoms with van der Waals surface area (Å²) in [5.41, 5.74) is 1.52. The van der Waals surface area contributed by atoms with E-state index >= 15 is 0 Å². The number of aliphatic imine (C=N–C) groups is 1. The van der Waals surface area contributed by atoms with E-state index in [4.69, 9.17) is 19.6 Å². The van der Waals surface area contributed by atoms with Crippen LogP contribution in [0.15, 0.2) is 89.9 Å². The molecular formula is C30H34N2O4. The molecule has 0 spiro atoms. The summed E-state index contributed by atoms with van der Waals surface area (Å²) in [7, 11) is 0. The highest BCUT2D eigenvalue weighted by atomic mass is 16.5. The van der Waals surface area contributed by atoms with Crippen molar-refractivity contribution >= 4 is 11.8 Å². The topological polar surface area (TPSA) is 80.2 Å². The van der Waals surface area contributed by atoms with Crippen LogP contribution < -0.4 is 10.1 Å². The van der Waals surface area contributed by atoms with E-state index in [1.54, 1.807) is 0 Å². The van der Waals surface area contributed by atoms with Crippen molar-refractivity contribution in [3.63, 3.8) is 0 Å². The molecular weight excluding hydrogens is 452 g/mol. The van der Waals surface area contributed by atoms with E-state index in [2.05, 4.69) is 19.2 Å². The first-order valence-corrected chi connectivity index (χ1v) is 12.5. The lowest BCUT2D eigenvalue weighted by molar-refractivity contribution is -0.129. The van der Waals surface area contributed by atoms with E-state index in [9.17, 15) is 4.79 Å². The Kier molecular flexibility index (Phi) is 8.39. The number of carbonyl (C=O) groups excluding carboxylic acids is 1. The molecule has 2 atom stereocenters. The molecule has 4 rings (SSSR count). The maximum absolute atomic E-state index is 13.9. The van der Waals surface area contributed by atoms with Crippen LogP contribution in [0.25, 0.3) is 0 Å². The molecule has 0 aliphatic carbocycles. The molecule has 0 saturated heterocycles. The van der Waals surface area contributed by atoms with E-state index in [1.807, 2.05) is 84.9 Å². The number of amides is 1. The Labute approximate surface area is 213 Å². The van der Waals surface area contributed by atoms with Crippen molar-refractivity contribution in [1.82, 2.24) is 5.32 Å². The van der Waals surface area contributed by atoms with Gasteiger partial charge >= 0.3 is 0 Å². The predicted molar refractivity (Wildman–Crippen MR) is 141 cm³/mol. The van der Waals surface area contributed by atoms with Crippen molar-refractivity contribution in [3.05, 3.63) is 102 Å².